The molecule has 3 N–H and O–H groups in total. The van der Waals surface area contributed by atoms with E-state index >= 15 is 0 Å². The van der Waals surface area contributed by atoms with Crippen LogP contribution in [0.4, 0.5) is 5.69 Å². The number of ketones is 1. The summed E-state index contributed by atoms with van der Waals surface area (Å²) >= 11 is 0. The number of benzene rings is 2. The molecule has 25 heavy (non-hydrogen) atoms. The predicted molar refractivity (Wildman–Crippen MR) is 97.7 cm³/mol. The van der Waals surface area contributed by atoms with E-state index in [1.165, 1.54) is 18.2 Å². The summed E-state index contributed by atoms with van der Waals surface area (Å²) in [5.74, 6) is -0.422. The number of hydrogen-bond acceptors (Lipinski definition) is 4. The first kappa shape index (κ1) is 18.3. The highest BCUT2D eigenvalue weighted by Gasteiger charge is 2.07. The lowest BCUT2D eigenvalue weighted by Crippen LogP contribution is -2.13. The number of allylic oxidation sites excluding steroid dienone is 1. The number of rotatable bonds is 6. The number of aromatic hydroxyl groups is 2. The number of carbonyl (C=O) groups excluding carboxylic acids is 2. The lowest BCUT2D eigenvalue weighted by Gasteiger charge is -2.07. The normalized spacial score (nSPS) is 11.0. The Hall–Kier alpha value is -3.08. The molecule has 0 unspecified atom stereocenters. The molecule has 0 saturated carbocycles. The van der Waals surface area contributed by atoms with Gasteiger partial charge in [-0.15, -0.1) is 0 Å². The van der Waals surface area contributed by atoms with Crippen LogP contribution in [0.3, 0.4) is 0 Å². The average Bonchev–Trinajstić information content (AvgIpc) is 2.55. The van der Waals surface area contributed by atoms with Crippen LogP contribution in [0.2, 0.25) is 0 Å². The van der Waals surface area contributed by atoms with Gasteiger partial charge in [-0.05, 0) is 54.0 Å². The topological polar surface area (TPSA) is 86.6 Å². The van der Waals surface area contributed by atoms with Gasteiger partial charge < -0.3 is 15.5 Å². The molecule has 0 aliphatic carbocycles. The summed E-state index contributed by atoms with van der Waals surface area (Å²) in [5, 5.41) is 21.5. The number of nitrogens with one attached hydrogen (secondary N) is 1. The quantitative estimate of drug-likeness (QED) is 0.422. The number of hydrogen-bond donors (Lipinski definition) is 3. The Kier molecular flexibility index (Phi) is 5.95. The Morgan fingerprint density at radius 3 is 2.32 bits per heavy atom. The largest absolute Gasteiger partial charge is 0.504 e. The fourth-order valence-corrected chi connectivity index (χ4v) is 2.21. The van der Waals surface area contributed by atoms with Crippen molar-refractivity contribution in [2.45, 2.75) is 20.3 Å². The summed E-state index contributed by atoms with van der Waals surface area (Å²) in [6, 6.07) is 11.0. The van der Waals surface area contributed by atoms with Gasteiger partial charge >= 0.3 is 0 Å². The minimum atomic E-state index is -0.240. The molecule has 0 spiro atoms. The van der Waals surface area contributed by atoms with Gasteiger partial charge in [0.1, 0.15) is 0 Å². The van der Waals surface area contributed by atoms with Gasteiger partial charge in [-0.25, -0.2) is 0 Å². The van der Waals surface area contributed by atoms with Crippen LogP contribution in [-0.4, -0.2) is 21.9 Å². The molecule has 0 aliphatic rings. The SMILES string of the molecule is CC(C)CC(=O)Nc1ccc(C(=O)/C=C/c2ccc(O)c(O)c2)cc1. The Morgan fingerprint density at radius 1 is 1.04 bits per heavy atom. The number of phenols is 2. The van der Waals surface area contributed by atoms with Crippen molar-refractivity contribution in [3.8, 4) is 11.5 Å². The fourth-order valence-electron chi connectivity index (χ4n) is 2.21. The van der Waals surface area contributed by atoms with Gasteiger partial charge in [-0.3, -0.25) is 9.59 Å². The summed E-state index contributed by atoms with van der Waals surface area (Å²) < 4.78 is 0. The van der Waals surface area contributed by atoms with Gasteiger partial charge in [0.2, 0.25) is 5.91 Å². The first-order valence-corrected chi connectivity index (χ1v) is 7.99. The van der Waals surface area contributed by atoms with Gasteiger partial charge in [0.25, 0.3) is 0 Å². The fraction of sp³-hybridized carbons (Fsp3) is 0.200. The first-order chi connectivity index (χ1) is 11.8. The Bertz CT molecular complexity index is 792. The van der Waals surface area contributed by atoms with E-state index in [1.54, 1.807) is 36.4 Å². The third-order valence-corrected chi connectivity index (χ3v) is 3.47. The first-order valence-electron chi connectivity index (χ1n) is 7.99. The molecule has 130 valence electrons. The minimum Gasteiger partial charge on any atom is -0.504 e. The maximum absolute atomic E-state index is 12.2. The number of amides is 1. The zero-order valence-corrected chi connectivity index (χ0v) is 14.2. The molecule has 0 atom stereocenters. The Morgan fingerprint density at radius 2 is 1.72 bits per heavy atom. The van der Waals surface area contributed by atoms with Crippen molar-refractivity contribution in [1.29, 1.82) is 0 Å². The molecule has 5 heteroatoms. The van der Waals surface area contributed by atoms with Gasteiger partial charge in [0.15, 0.2) is 17.3 Å². The Labute approximate surface area is 146 Å². The van der Waals surface area contributed by atoms with Crippen LogP contribution in [0.5, 0.6) is 11.5 Å². The molecule has 0 fully saturated rings. The van der Waals surface area contributed by atoms with Gasteiger partial charge in [-0.1, -0.05) is 26.0 Å². The van der Waals surface area contributed by atoms with E-state index in [4.69, 9.17) is 0 Å². The zero-order valence-electron chi connectivity index (χ0n) is 14.2. The summed E-state index contributed by atoms with van der Waals surface area (Å²) in [6.45, 7) is 3.95. The number of anilines is 1. The molecule has 0 radical (unpaired) electrons. The highest BCUT2D eigenvalue weighted by molar-refractivity contribution is 6.07. The van der Waals surface area contributed by atoms with E-state index < -0.39 is 0 Å². The van der Waals surface area contributed by atoms with E-state index in [1.807, 2.05) is 13.8 Å². The Balaban J connectivity index is 2.01. The molecule has 0 aromatic heterocycles. The molecule has 2 aromatic rings. The molecule has 2 aromatic carbocycles. The molecule has 0 aliphatic heterocycles. The van der Waals surface area contributed by atoms with E-state index in [9.17, 15) is 19.8 Å². The average molecular weight is 339 g/mol. The number of carbonyl (C=O) groups is 2. The van der Waals surface area contributed by atoms with Crippen LogP contribution >= 0.6 is 0 Å². The lowest BCUT2D eigenvalue weighted by molar-refractivity contribution is -0.116. The summed E-state index contributed by atoms with van der Waals surface area (Å²) in [4.78, 5) is 23.9. The van der Waals surface area contributed by atoms with E-state index in [0.29, 0.717) is 23.2 Å². The molecule has 0 heterocycles. The van der Waals surface area contributed by atoms with Crippen molar-refractivity contribution in [3.05, 3.63) is 59.7 Å². The molecular formula is C20H21NO4. The minimum absolute atomic E-state index is 0.0545. The van der Waals surface area contributed by atoms with Gasteiger partial charge in [0.05, 0.1) is 0 Å². The van der Waals surface area contributed by atoms with Crippen molar-refractivity contribution in [3.63, 3.8) is 0 Å². The molecule has 0 bridgehead atoms. The van der Waals surface area contributed by atoms with Crippen LogP contribution in [0.1, 0.15) is 36.2 Å². The zero-order chi connectivity index (χ0) is 18.4. The molecule has 0 saturated heterocycles. The van der Waals surface area contributed by atoms with Crippen molar-refractivity contribution in [2.24, 2.45) is 5.92 Å². The van der Waals surface area contributed by atoms with E-state index in [-0.39, 0.29) is 29.1 Å². The summed E-state index contributed by atoms with van der Waals surface area (Å²) in [6.07, 6.45) is 3.39. The molecule has 5 nitrogen and oxygen atoms in total. The number of phenolic OH excluding ortho intramolecular Hbond substituents is 2. The maximum atomic E-state index is 12.2. The van der Waals surface area contributed by atoms with E-state index in [2.05, 4.69) is 5.32 Å². The predicted octanol–water partition coefficient (Wildman–Crippen LogP) is 3.98. The van der Waals surface area contributed by atoms with Crippen molar-refractivity contribution < 1.29 is 19.8 Å². The lowest BCUT2D eigenvalue weighted by atomic mass is 10.1. The van der Waals surface area contributed by atoms with Crippen LogP contribution in [0.15, 0.2) is 48.5 Å². The summed E-state index contributed by atoms with van der Waals surface area (Å²) in [7, 11) is 0. The monoisotopic (exact) mass is 339 g/mol. The second-order valence-corrected chi connectivity index (χ2v) is 6.17. The van der Waals surface area contributed by atoms with Crippen LogP contribution in [0, 0.1) is 5.92 Å². The second kappa shape index (κ2) is 8.15. The van der Waals surface area contributed by atoms with Crippen LogP contribution in [0.25, 0.3) is 6.08 Å². The molecule has 1 amide bonds. The van der Waals surface area contributed by atoms with Gasteiger partial charge in [0, 0.05) is 17.7 Å². The van der Waals surface area contributed by atoms with Crippen LogP contribution in [-0.2, 0) is 4.79 Å². The summed E-state index contributed by atoms with van der Waals surface area (Å²) in [5.41, 5.74) is 1.73. The van der Waals surface area contributed by atoms with Crippen molar-refractivity contribution >= 4 is 23.5 Å². The smallest absolute Gasteiger partial charge is 0.224 e. The highest BCUT2D eigenvalue weighted by atomic mass is 16.3. The highest BCUT2D eigenvalue weighted by Crippen LogP contribution is 2.25. The van der Waals surface area contributed by atoms with Crippen LogP contribution < -0.4 is 5.32 Å². The standard InChI is InChI=1S/C20H21NO4/c1-13(2)11-20(25)21-16-7-5-15(6-8-16)17(22)9-3-14-4-10-18(23)19(24)12-14/h3-10,12-13,23-24H,11H2,1-2H3,(H,21,25)/b9-3+. The molecular weight excluding hydrogens is 318 g/mol. The van der Waals surface area contributed by atoms with Crippen molar-refractivity contribution in [2.75, 3.05) is 5.32 Å². The third kappa shape index (κ3) is 5.49. The molecule has 2 rings (SSSR count). The van der Waals surface area contributed by atoms with Crippen molar-refractivity contribution in [1.82, 2.24) is 0 Å². The third-order valence-electron chi connectivity index (χ3n) is 3.47. The maximum Gasteiger partial charge on any atom is 0.224 e. The second-order valence-electron chi connectivity index (χ2n) is 6.17. The van der Waals surface area contributed by atoms with Gasteiger partial charge in [-0.2, -0.15) is 0 Å². The van der Waals surface area contributed by atoms with E-state index in [0.717, 1.165) is 0 Å².